The molecule has 1 heterocycles. The van der Waals surface area contributed by atoms with E-state index in [0.29, 0.717) is 0 Å². The molecule has 0 aromatic rings. The monoisotopic (exact) mass is 231 g/mol. The zero-order valence-electron chi connectivity index (χ0n) is 7.20. The van der Waals surface area contributed by atoms with Crippen molar-refractivity contribution in [2.45, 2.75) is 19.3 Å². The van der Waals surface area contributed by atoms with Crippen molar-refractivity contribution in [2.75, 3.05) is 6.26 Å². The normalized spacial score (nSPS) is 22.2. The van der Waals surface area contributed by atoms with Gasteiger partial charge in [0, 0.05) is 4.91 Å². The average Bonchev–Trinajstić information content (AvgIpc) is 2.60. The molecule has 0 aromatic carbocycles. The van der Waals surface area contributed by atoms with Gasteiger partial charge in [-0.2, -0.15) is 0 Å². The average molecular weight is 231 g/mol. The topological polar surface area (TPSA) is 29.4 Å². The van der Waals surface area contributed by atoms with Gasteiger partial charge in [0.25, 0.3) is 0 Å². The molecule has 0 N–H and O–H groups in total. The molecule has 0 amide bonds. The van der Waals surface area contributed by atoms with Crippen LogP contribution in [0, 0.1) is 4.91 Å². The highest BCUT2D eigenvalue weighted by molar-refractivity contribution is 8.82. The van der Waals surface area contributed by atoms with Crippen LogP contribution in [-0.2, 0) is 0 Å². The van der Waals surface area contributed by atoms with E-state index in [9.17, 15) is 4.91 Å². The number of nitrogens with zero attached hydrogens (tertiary/aromatic N) is 1. The number of rotatable bonds is 2. The summed E-state index contributed by atoms with van der Waals surface area (Å²) in [6.45, 7) is 0. The third kappa shape index (κ3) is 1.69. The first kappa shape index (κ1) is 9.68. The van der Waals surface area contributed by atoms with Gasteiger partial charge in [-0.05, 0) is 57.9 Å². The molecule has 0 saturated carbocycles. The van der Waals surface area contributed by atoms with E-state index in [0.717, 1.165) is 29.9 Å². The summed E-state index contributed by atoms with van der Waals surface area (Å²) in [5.41, 5.74) is 2.13. The minimum atomic E-state index is 0.766. The van der Waals surface area contributed by atoms with Gasteiger partial charge in [-0.3, -0.25) is 0 Å². The van der Waals surface area contributed by atoms with Crippen molar-refractivity contribution >= 4 is 33.3 Å². The first-order chi connectivity index (χ1) is 6.36. The van der Waals surface area contributed by atoms with E-state index in [2.05, 4.69) is 11.4 Å². The van der Waals surface area contributed by atoms with Gasteiger partial charge < -0.3 is 0 Å². The molecule has 2 nitrogen and oxygen atoms in total. The van der Waals surface area contributed by atoms with E-state index in [-0.39, 0.29) is 0 Å². The number of nitroso groups, excluding NO2 is 1. The Morgan fingerprint density at radius 3 is 2.92 bits per heavy atom. The van der Waals surface area contributed by atoms with Gasteiger partial charge in [-0.15, -0.1) is 16.7 Å². The Hall–Kier alpha value is 0.130. The minimum Gasteiger partial charge on any atom is -0.145 e. The zero-order valence-corrected chi connectivity index (χ0v) is 9.65. The highest BCUT2D eigenvalue weighted by atomic mass is 33.1. The third-order valence-corrected chi connectivity index (χ3v) is 6.18. The van der Waals surface area contributed by atoms with Crippen LogP contribution in [0.1, 0.15) is 19.3 Å². The maximum atomic E-state index is 10.5. The minimum absolute atomic E-state index is 0.766. The van der Waals surface area contributed by atoms with E-state index in [1.165, 1.54) is 9.81 Å². The summed E-state index contributed by atoms with van der Waals surface area (Å²) in [5, 5.41) is 3.11. The van der Waals surface area contributed by atoms with E-state index in [1.54, 1.807) is 33.3 Å². The first-order valence-corrected chi connectivity index (χ1v) is 7.43. The summed E-state index contributed by atoms with van der Waals surface area (Å²) in [7, 11) is 3.47. The van der Waals surface area contributed by atoms with Crippen LogP contribution in [0.4, 0.5) is 0 Å². The van der Waals surface area contributed by atoms with Crippen molar-refractivity contribution in [2.24, 2.45) is 5.18 Å². The van der Waals surface area contributed by atoms with Gasteiger partial charge in [-0.1, -0.05) is 0 Å². The summed E-state index contributed by atoms with van der Waals surface area (Å²) in [4.78, 5) is 11.7. The molecular formula is C8H9NOS3. The number of thioether (sulfide) groups is 1. The van der Waals surface area contributed by atoms with E-state index in [1.807, 2.05) is 0 Å². The van der Waals surface area contributed by atoms with Crippen molar-refractivity contribution in [3.8, 4) is 0 Å². The Morgan fingerprint density at radius 1 is 1.38 bits per heavy atom. The van der Waals surface area contributed by atoms with Crippen molar-refractivity contribution in [3.05, 3.63) is 25.3 Å². The van der Waals surface area contributed by atoms with E-state index < -0.39 is 0 Å². The standard InChI is InChI=1S/C8H9NOS3/c1-11-8-5-3-2-4-6(9-10)7(5)12-13-8/h2-4H2,1H3. The van der Waals surface area contributed by atoms with Crippen LogP contribution in [-0.4, -0.2) is 6.26 Å². The molecule has 0 aromatic heterocycles. The lowest BCUT2D eigenvalue weighted by atomic mass is 10.0. The first-order valence-electron chi connectivity index (χ1n) is 4.05. The molecular weight excluding hydrogens is 222 g/mol. The zero-order chi connectivity index (χ0) is 9.26. The SMILES string of the molecule is CSC1=C2CCCC(N=O)=C2SS1. The predicted molar refractivity (Wildman–Crippen MR) is 62.4 cm³/mol. The predicted octanol–water partition coefficient (Wildman–Crippen LogP) is 4.12. The molecule has 2 rings (SSSR count). The number of hydrogen-bond donors (Lipinski definition) is 0. The molecule has 5 heteroatoms. The fraction of sp³-hybridized carbons (Fsp3) is 0.500. The van der Waals surface area contributed by atoms with Crippen molar-refractivity contribution in [1.82, 2.24) is 0 Å². The highest BCUT2D eigenvalue weighted by Gasteiger charge is 2.27. The van der Waals surface area contributed by atoms with E-state index in [4.69, 9.17) is 0 Å². The van der Waals surface area contributed by atoms with Crippen LogP contribution in [0.25, 0.3) is 0 Å². The Morgan fingerprint density at radius 2 is 2.23 bits per heavy atom. The maximum absolute atomic E-state index is 10.5. The van der Waals surface area contributed by atoms with Gasteiger partial charge >= 0.3 is 0 Å². The fourth-order valence-electron chi connectivity index (χ4n) is 1.50. The van der Waals surface area contributed by atoms with Crippen molar-refractivity contribution < 1.29 is 0 Å². The lowest BCUT2D eigenvalue weighted by Gasteiger charge is -2.13. The summed E-state index contributed by atoms with van der Waals surface area (Å²) >= 11 is 1.77. The van der Waals surface area contributed by atoms with Gasteiger partial charge in [0.1, 0.15) is 0 Å². The summed E-state index contributed by atoms with van der Waals surface area (Å²) in [5.74, 6) is 0. The molecule has 0 spiro atoms. The van der Waals surface area contributed by atoms with Crippen molar-refractivity contribution in [3.63, 3.8) is 0 Å². The highest BCUT2D eigenvalue weighted by Crippen LogP contribution is 2.57. The second-order valence-electron chi connectivity index (χ2n) is 2.86. The third-order valence-electron chi connectivity index (χ3n) is 2.12. The van der Waals surface area contributed by atoms with Gasteiger partial charge in [0.2, 0.25) is 0 Å². The molecule has 0 unspecified atom stereocenters. The fourth-order valence-corrected chi connectivity index (χ4v) is 5.64. The Balaban J connectivity index is 2.42. The van der Waals surface area contributed by atoms with Crippen LogP contribution < -0.4 is 0 Å². The van der Waals surface area contributed by atoms with Crippen LogP contribution in [0.3, 0.4) is 0 Å². The van der Waals surface area contributed by atoms with Crippen molar-refractivity contribution in [1.29, 1.82) is 0 Å². The summed E-state index contributed by atoms with van der Waals surface area (Å²) in [6.07, 6.45) is 5.13. The molecule has 0 radical (unpaired) electrons. The summed E-state index contributed by atoms with van der Waals surface area (Å²) < 4.78 is 1.36. The van der Waals surface area contributed by atoms with Crippen LogP contribution >= 0.6 is 33.3 Å². The molecule has 0 atom stereocenters. The van der Waals surface area contributed by atoms with Crippen LogP contribution in [0.2, 0.25) is 0 Å². The molecule has 0 bridgehead atoms. The number of hydrogen-bond acceptors (Lipinski definition) is 5. The number of allylic oxidation sites excluding steroid dienone is 2. The smallest absolute Gasteiger partial charge is 0.0996 e. The number of fused-ring (bicyclic) bond motifs is 1. The molecule has 1 aliphatic carbocycles. The van der Waals surface area contributed by atoms with Gasteiger partial charge in [0.05, 0.1) is 9.93 Å². The summed E-state index contributed by atoms with van der Waals surface area (Å²) in [6, 6.07) is 0. The lowest BCUT2D eigenvalue weighted by Crippen LogP contribution is -1.96. The second kappa shape index (κ2) is 4.11. The Bertz CT molecular complexity index is 309. The van der Waals surface area contributed by atoms with E-state index >= 15 is 0 Å². The second-order valence-corrected chi connectivity index (χ2v) is 6.08. The van der Waals surface area contributed by atoms with Crippen LogP contribution in [0.5, 0.6) is 0 Å². The maximum Gasteiger partial charge on any atom is 0.0996 e. The molecule has 13 heavy (non-hydrogen) atoms. The van der Waals surface area contributed by atoms with Crippen LogP contribution in [0.15, 0.2) is 25.6 Å². The quantitative estimate of drug-likeness (QED) is 0.528. The van der Waals surface area contributed by atoms with Gasteiger partial charge in [0.15, 0.2) is 0 Å². The molecule has 2 aliphatic rings. The Labute approximate surface area is 89.4 Å². The molecule has 1 aliphatic heterocycles. The largest absolute Gasteiger partial charge is 0.145 e. The Kier molecular flexibility index (Phi) is 3.06. The lowest BCUT2D eigenvalue weighted by molar-refractivity contribution is 0.771. The molecule has 70 valence electrons. The van der Waals surface area contributed by atoms with Gasteiger partial charge in [-0.25, -0.2) is 0 Å². The molecule has 0 saturated heterocycles. The molecule has 0 fully saturated rings.